The van der Waals surface area contributed by atoms with Crippen LogP contribution in [0.4, 0.5) is 13.2 Å². The minimum Gasteiger partial charge on any atom is -0.376 e. The van der Waals surface area contributed by atoms with Gasteiger partial charge in [-0.2, -0.15) is 18.4 Å². The van der Waals surface area contributed by atoms with Gasteiger partial charge in [0.05, 0.1) is 41.1 Å². The van der Waals surface area contributed by atoms with Gasteiger partial charge in [0, 0.05) is 45.0 Å². The second-order valence-corrected chi connectivity index (χ2v) is 11.1. The lowest BCUT2D eigenvalue weighted by atomic mass is 9.72. The van der Waals surface area contributed by atoms with Crippen LogP contribution < -0.4 is 5.69 Å². The fourth-order valence-corrected chi connectivity index (χ4v) is 6.03. The van der Waals surface area contributed by atoms with Gasteiger partial charge in [0.1, 0.15) is 12.2 Å². The minimum absolute atomic E-state index is 0.0229. The molecule has 214 valence electrons. The fourth-order valence-electron chi connectivity index (χ4n) is 6.03. The highest BCUT2D eigenvalue weighted by Gasteiger charge is 2.36. The number of hydrogen-bond acceptors (Lipinski definition) is 6. The first-order valence-corrected chi connectivity index (χ1v) is 13.7. The molecule has 41 heavy (non-hydrogen) atoms. The zero-order valence-electron chi connectivity index (χ0n) is 22.8. The van der Waals surface area contributed by atoms with Gasteiger partial charge >= 0.3 is 11.9 Å². The Morgan fingerprint density at radius 1 is 1.20 bits per heavy atom. The van der Waals surface area contributed by atoms with Crippen LogP contribution in [0.2, 0.25) is 0 Å². The van der Waals surface area contributed by atoms with Crippen molar-refractivity contribution in [3.05, 3.63) is 81.5 Å². The van der Waals surface area contributed by atoms with E-state index in [1.54, 1.807) is 18.5 Å². The van der Waals surface area contributed by atoms with Crippen molar-refractivity contribution in [2.45, 2.75) is 50.9 Å². The zero-order chi connectivity index (χ0) is 28.9. The second-order valence-electron chi connectivity index (χ2n) is 11.1. The maximum Gasteiger partial charge on any atom is 0.418 e. The van der Waals surface area contributed by atoms with E-state index < -0.39 is 17.4 Å². The number of nitrogens with zero attached hydrogens (tertiary/aromatic N) is 7. The van der Waals surface area contributed by atoms with Gasteiger partial charge in [-0.1, -0.05) is 6.42 Å². The summed E-state index contributed by atoms with van der Waals surface area (Å²) in [6.45, 7) is 3.87. The molecule has 4 aromatic rings. The molecule has 6 rings (SSSR count). The smallest absolute Gasteiger partial charge is 0.376 e. The Morgan fingerprint density at radius 3 is 2.63 bits per heavy atom. The third kappa shape index (κ3) is 5.15. The summed E-state index contributed by atoms with van der Waals surface area (Å²) in [5.74, 6) is 0.864. The maximum absolute atomic E-state index is 14.3. The molecule has 0 spiro atoms. The summed E-state index contributed by atoms with van der Waals surface area (Å²) < 4.78 is 52.5. The van der Waals surface area contributed by atoms with Crippen molar-refractivity contribution in [2.24, 2.45) is 13.0 Å². The van der Waals surface area contributed by atoms with Gasteiger partial charge in [0.2, 0.25) is 0 Å². The maximum atomic E-state index is 14.3. The molecular weight excluding hydrogens is 535 g/mol. The van der Waals surface area contributed by atoms with Crippen molar-refractivity contribution >= 4 is 5.52 Å². The molecule has 0 bridgehead atoms. The highest BCUT2D eigenvalue weighted by molar-refractivity contribution is 5.58. The number of halogens is 3. The number of aryl methyl sites for hydroxylation is 1. The van der Waals surface area contributed by atoms with Crippen LogP contribution in [0.3, 0.4) is 0 Å². The summed E-state index contributed by atoms with van der Waals surface area (Å²) in [5.41, 5.74) is 0.0465. The molecule has 3 aromatic heterocycles. The third-order valence-corrected chi connectivity index (χ3v) is 8.21. The van der Waals surface area contributed by atoms with Gasteiger partial charge in [-0.15, -0.1) is 10.2 Å². The lowest BCUT2D eigenvalue weighted by Gasteiger charge is -2.33. The van der Waals surface area contributed by atoms with E-state index in [4.69, 9.17) is 4.74 Å². The molecule has 1 saturated heterocycles. The second kappa shape index (κ2) is 10.5. The van der Waals surface area contributed by atoms with Crippen LogP contribution >= 0.6 is 0 Å². The van der Waals surface area contributed by atoms with Gasteiger partial charge in [-0.25, -0.2) is 4.79 Å². The van der Waals surface area contributed by atoms with E-state index in [1.165, 1.54) is 23.0 Å². The number of nitriles is 1. The quantitative estimate of drug-likeness (QED) is 0.347. The highest BCUT2D eigenvalue weighted by atomic mass is 19.4. The van der Waals surface area contributed by atoms with Crippen LogP contribution in [0, 0.1) is 17.2 Å². The number of fused-ring (bicyclic) bond motifs is 1. The van der Waals surface area contributed by atoms with Crippen molar-refractivity contribution in [1.29, 1.82) is 5.26 Å². The number of pyridine rings is 1. The largest absolute Gasteiger partial charge is 0.418 e. The zero-order valence-corrected chi connectivity index (χ0v) is 22.8. The number of rotatable bonds is 6. The molecular formula is C29H30F3N7O2. The number of morpholine rings is 1. The first-order valence-electron chi connectivity index (χ1n) is 13.7. The molecule has 1 aliphatic heterocycles. The Labute approximate surface area is 234 Å². The molecule has 12 heteroatoms. The van der Waals surface area contributed by atoms with Crippen molar-refractivity contribution in [3.63, 3.8) is 0 Å². The molecule has 0 radical (unpaired) electrons. The van der Waals surface area contributed by atoms with Crippen molar-refractivity contribution < 1.29 is 17.9 Å². The van der Waals surface area contributed by atoms with E-state index in [9.17, 15) is 23.2 Å². The summed E-state index contributed by atoms with van der Waals surface area (Å²) in [5, 5.41) is 18.2. The van der Waals surface area contributed by atoms with E-state index in [-0.39, 0.29) is 30.0 Å². The van der Waals surface area contributed by atoms with Gasteiger partial charge in [-0.3, -0.25) is 13.9 Å². The predicted molar refractivity (Wildman–Crippen MR) is 144 cm³/mol. The van der Waals surface area contributed by atoms with Crippen molar-refractivity contribution in [3.8, 4) is 11.8 Å². The molecule has 9 nitrogen and oxygen atoms in total. The van der Waals surface area contributed by atoms with Gasteiger partial charge < -0.3 is 9.30 Å². The molecule has 2 fully saturated rings. The summed E-state index contributed by atoms with van der Waals surface area (Å²) in [6, 6.07) is 8.35. The summed E-state index contributed by atoms with van der Waals surface area (Å²) in [7, 11) is 1.86. The van der Waals surface area contributed by atoms with Crippen LogP contribution in [-0.4, -0.2) is 54.4 Å². The predicted octanol–water partition coefficient (Wildman–Crippen LogP) is 4.26. The number of benzene rings is 1. The molecule has 2 atom stereocenters. The average Bonchev–Trinajstić information content (AvgIpc) is 3.47. The lowest BCUT2D eigenvalue weighted by molar-refractivity contribution is -0.136. The van der Waals surface area contributed by atoms with E-state index in [0.717, 1.165) is 41.1 Å². The van der Waals surface area contributed by atoms with E-state index in [0.29, 0.717) is 36.5 Å². The Bertz CT molecular complexity index is 1690. The third-order valence-electron chi connectivity index (χ3n) is 8.21. The molecule has 1 saturated carbocycles. The van der Waals surface area contributed by atoms with Crippen LogP contribution in [0.1, 0.15) is 60.2 Å². The number of alkyl halides is 3. The SMILES string of the molecule is C[C@@H]1CN(Cc2cc(C(F)(F)F)c3cn(-c4cc(C#N)cc([C@@H](c5nncn5C)C5CCC5)c4)c(=O)n3c2)CCO1. The number of hydrogen-bond donors (Lipinski definition) is 0. The normalized spacial score (nSPS) is 19.3. The first-order chi connectivity index (χ1) is 19.6. The number of ether oxygens (including phenoxy) is 1. The fraction of sp³-hybridized carbons (Fsp3) is 0.448. The van der Waals surface area contributed by atoms with Gasteiger partial charge in [0.15, 0.2) is 0 Å². The Balaban J connectivity index is 1.47. The Kier molecular flexibility index (Phi) is 6.95. The van der Waals surface area contributed by atoms with Crippen LogP contribution in [0.15, 0.2) is 47.8 Å². The molecule has 0 N–H and O–H groups in total. The summed E-state index contributed by atoms with van der Waals surface area (Å²) in [6.07, 6.45) is 2.68. The lowest BCUT2D eigenvalue weighted by Crippen LogP contribution is -2.40. The standard InChI is InChI=1S/C29H30F3N7O2/c1-18-13-37(6-7-41-18)14-20-10-24(29(30,31)32)25-16-38(28(40)39(25)15-20)23-9-19(12-33)8-22(11-23)26(21-4-3-5-21)27-35-34-17-36(27)2/h8-11,15-18,21,26H,3-7,13-14H2,1-2H3/t18-,26+/m1/s1. The monoisotopic (exact) mass is 565 g/mol. The highest BCUT2D eigenvalue weighted by Crippen LogP contribution is 2.43. The molecule has 1 aromatic carbocycles. The van der Waals surface area contributed by atoms with Crippen LogP contribution in [0.5, 0.6) is 0 Å². The summed E-state index contributed by atoms with van der Waals surface area (Å²) >= 11 is 0. The van der Waals surface area contributed by atoms with Crippen LogP contribution in [-0.2, 0) is 24.5 Å². The first kappa shape index (κ1) is 27.2. The molecule has 1 aliphatic carbocycles. The van der Waals surface area contributed by atoms with Crippen LogP contribution in [0.25, 0.3) is 11.2 Å². The van der Waals surface area contributed by atoms with E-state index >= 15 is 0 Å². The Hall–Kier alpha value is -3.95. The van der Waals surface area contributed by atoms with Crippen molar-refractivity contribution in [1.82, 2.24) is 28.6 Å². The molecule has 4 heterocycles. The average molecular weight is 566 g/mol. The van der Waals surface area contributed by atoms with E-state index in [1.807, 2.05) is 23.4 Å². The molecule has 2 aliphatic rings. The molecule has 0 amide bonds. The number of aromatic nitrogens is 5. The summed E-state index contributed by atoms with van der Waals surface area (Å²) in [4.78, 5) is 15.7. The number of imidazole rings is 1. The van der Waals surface area contributed by atoms with Gasteiger partial charge in [-0.05, 0) is 61.1 Å². The molecule has 0 unspecified atom stereocenters. The van der Waals surface area contributed by atoms with E-state index in [2.05, 4.69) is 16.3 Å². The minimum atomic E-state index is -4.67. The Morgan fingerprint density at radius 2 is 2.00 bits per heavy atom. The van der Waals surface area contributed by atoms with Crippen molar-refractivity contribution in [2.75, 3.05) is 19.7 Å². The topological polar surface area (TPSA) is 93.4 Å². The van der Waals surface area contributed by atoms with Gasteiger partial charge in [0.25, 0.3) is 0 Å².